The number of carbonyl (C=O) groups is 1. The summed E-state index contributed by atoms with van der Waals surface area (Å²) in [5.74, 6) is 0. The molecule has 3 aromatic rings. The molecular formula is C18H20N4O2. The molecular weight excluding hydrogens is 304 g/mol. The monoisotopic (exact) mass is 324 g/mol. The number of rotatable bonds is 6. The number of carbonyl (C=O) groups excluding carboxylic acids is 1. The van der Waals surface area contributed by atoms with E-state index in [0.717, 1.165) is 34.2 Å². The minimum atomic E-state index is -0.0464. The maximum atomic E-state index is 12.2. The second-order valence-corrected chi connectivity index (χ2v) is 5.62. The standard InChI is InChI=1S/C18H20N4O2/c1-19-15-5-4-12(10-16(15)20-7-3-9-23)14-11-22(2)18(24)17-13(14)6-8-21-17/h4-6,8-11,19-21H,3,7H2,1-2H3. The summed E-state index contributed by atoms with van der Waals surface area (Å²) in [6.45, 7) is 0.578. The van der Waals surface area contributed by atoms with E-state index in [1.807, 2.05) is 37.5 Å². The average Bonchev–Trinajstić information content (AvgIpc) is 3.08. The zero-order chi connectivity index (χ0) is 17.1. The number of hydrogen-bond donors (Lipinski definition) is 3. The highest BCUT2D eigenvalue weighted by Gasteiger charge is 2.11. The molecule has 0 unspecified atom stereocenters. The third kappa shape index (κ3) is 2.78. The lowest BCUT2D eigenvalue weighted by Crippen LogP contribution is -2.16. The Kier molecular flexibility index (Phi) is 4.37. The van der Waals surface area contributed by atoms with E-state index in [-0.39, 0.29) is 5.56 Å². The molecule has 0 bridgehead atoms. The maximum Gasteiger partial charge on any atom is 0.274 e. The van der Waals surface area contributed by atoms with Crippen molar-refractivity contribution in [1.82, 2.24) is 9.55 Å². The Hall–Kier alpha value is -3.02. The van der Waals surface area contributed by atoms with E-state index in [4.69, 9.17) is 0 Å². The Labute approximate surface area is 139 Å². The smallest absolute Gasteiger partial charge is 0.274 e. The summed E-state index contributed by atoms with van der Waals surface area (Å²) >= 11 is 0. The number of anilines is 2. The van der Waals surface area contributed by atoms with Crippen LogP contribution < -0.4 is 16.2 Å². The van der Waals surface area contributed by atoms with Crippen molar-refractivity contribution in [3.63, 3.8) is 0 Å². The molecule has 0 spiro atoms. The van der Waals surface area contributed by atoms with Crippen LogP contribution in [0.4, 0.5) is 11.4 Å². The second-order valence-electron chi connectivity index (χ2n) is 5.62. The molecule has 2 aromatic heterocycles. The number of aryl methyl sites for hydroxylation is 1. The number of nitrogens with zero attached hydrogens (tertiary/aromatic N) is 1. The van der Waals surface area contributed by atoms with Crippen LogP contribution in [0.25, 0.3) is 22.0 Å². The van der Waals surface area contributed by atoms with Gasteiger partial charge in [-0.15, -0.1) is 0 Å². The number of pyridine rings is 1. The molecule has 0 saturated carbocycles. The van der Waals surface area contributed by atoms with E-state index in [2.05, 4.69) is 15.6 Å². The van der Waals surface area contributed by atoms with Crippen LogP contribution in [0.15, 0.2) is 41.5 Å². The lowest BCUT2D eigenvalue weighted by molar-refractivity contribution is -0.107. The summed E-state index contributed by atoms with van der Waals surface area (Å²) in [4.78, 5) is 25.7. The van der Waals surface area contributed by atoms with Crippen LogP contribution in [0, 0.1) is 0 Å². The highest BCUT2D eigenvalue weighted by Crippen LogP contribution is 2.32. The van der Waals surface area contributed by atoms with Gasteiger partial charge in [-0.25, -0.2) is 0 Å². The van der Waals surface area contributed by atoms with Crippen LogP contribution in [0.5, 0.6) is 0 Å². The predicted octanol–water partition coefficient (Wildman–Crippen LogP) is 2.58. The van der Waals surface area contributed by atoms with Gasteiger partial charge < -0.3 is 25.0 Å². The van der Waals surface area contributed by atoms with Crippen molar-refractivity contribution in [2.24, 2.45) is 7.05 Å². The minimum absolute atomic E-state index is 0.0464. The van der Waals surface area contributed by atoms with Crippen molar-refractivity contribution in [2.75, 3.05) is 24.2 Å². The predicted molar refractivity (Wildman–Crippen MR) is 97.7 cm³/mol. The Bertz CT molecular complexity index is 940. The third-order valence-corrected chi connectivity index (χ3v) is 4.07. The summed E-state index contributed by atoms with van der Waals surface area (Å²) in [5, 5.41) is 7.31. The van der Waals surface area contributed by atoms with Crippen LogP contribution >= 0.6 is 0 Å². The molecule has 0 saturated heterocycles. The van der Waals surface area contributed by atoms with Gasteiger partial charge in [-0.1, -0.05) is 6.07 Å². The van der Waals surface area contributed by atoms with Crippen LogP contribution in [0.1, 0.15) is 6.42 Å². The van der Waals surface area contributed by atoms with Gasteiger partial charge in [0.2, 0.25) is 0 Å². The summed E-state index contributed by atoms with van der Waals surface area (Å²) in [7, 11) is 3.60. The van der Waals surface area contributed by atoms with Crippen molar-refractivity contribution in [3.8, 4) is 11.1 Å². The summed E-state index contributed by atoms with van der Waals surface area (Å²) in [6.07, 6.45) is 4.98. The number of fused-ring (bicyclic) bond motifs is 1. The van der Waals surface area contributed by atoms with Gasteiger partial charge in [0.1, 0.15) is 11.8 Å². The molecule has 6 nitrogen and oxygen atoms in total. The van der Waals surface area contributed by atoms with Gasteiger partial charge in [0.05, 0.1) is 11.4 Å². The molecule has 0 fully saturated rings. The summed E-state index contributed by atoms with van der Waals surface area (Å²) < 4.78 is 1.58. The van der Waals surface area contributed by atoms with E-state index in [1.54, 1.807) is 17.8 Å². The average molecular weight is 324 g/mol. The molecule has 0 aliphatic heterocycles. The van der Waals surface area contributed by atoms with Crippen LogP contribution in [-0.2, 0) is 11.8 Å². The fourth-order valence-electron chi connectivity index (χ4n) is 2.84. The molecule has 124 valence electrons. The molecule has 0 amide bonds. The quantitative estimate of drug-likeness (QED) is 0.481. The number of hydrogen-bond acceptors (Lipinski definition) is 4. The van der Waals surface area contributed by atoms with E-state index < -0.39 is 0 Å². The number of aromatic amines is 1. The Morgan fingerprint density at radius 2 is 2.08 bits per heavy atom. The van der Waals surface area contributed by atoms with Crippen molar-refractivity contribution < 1.29 is 4.79 Å². The first-order valence-electron chi connectivity index (χ1n) is 7.82. The fourth-order valence-corrected chi connectivity index (χ4v) is 2.84. The van der Waals surface area contributed by atoms with Gasteiger partial charge in [0, 0.05) is 50.4 Å². The van der Waals surface area contributed by atoms with Gasteiger partial charge in [-0.2, -0.15) is 0 Å². The second kappa shape index (κ2) is 6.62. The zero-order valence-corrected chi connectivity index (χ0v) is 13.7. The maximum absolute atomic E-state index is 12.2. The van der Waals surface area contributed by atoms with Crippen LogP contribution in [-0.4, -0.2) is 29.4 Å². The molecule has 0 aliphatic rings. The van der Waals surface area contributed by atoms with E-state index >= 15 is 0 Å². The first-order valence-corrected chi connectivity index (χ1v) is 7.82. The van der Waals surface area contributed by atoms with Crippen molar-refractivity contribution >= 4 is 28.6 Å². The van der Waals surface area contributed by atoms with Gasteiger partial charge in [0.25, 0.3) is 5.56 Å². The minimum Gasteiger partial charge on any atom is -0.386 e. The SMILES string of the molecule is CNc1ccc(-c2cn(C)c(=O)c3[nH]ccc23)cc1NCCC=O. The molecule has 6 heteroatoms. The molecule has 1 aromatic carbocycles. The molecule has 0 radical (unpaired) electrons. The topological polar surface area (TPSA) is 78.9 Å². The van der Waals surface area contributed by atoms with E-state index in [1.165, 1.54) is 0 Å². The largest absolute Gasteiger partial charge is 0.386 e. The highest BCUT2D eigenvalue weighted by atomic mass is 16.1. The van der Waals surface area contributed by atoms with Gasteiger partial charge in [-0.3, -0.25) is 4.79 Å². The van der Waals surface area contributed by atoms with Crippen molar-refractivity contribution in [3.05, 3.63) is 47.0 Å². The first-order chi connectivity index (χ1) is 11.7. The van der Waals surface area contributed by atoms with Gasteiger partial charge in [-0.05, 0) is 23.8 Å². The highest BCUT2D eigenvalue weighted by molar-refractivity contribution is 5.95. The van der Waals surface area contributed by atoms with E-state index in [9.17, 15) is 9.59 Å². The fraction of sp³-hybridized carbons (Fsp3) is 0.222. The summed E-state index contributed by atoms with van der Waals surface area (Å²) in [5.41, 5.74) is 4.42. The molecule has 3 N–H and O–H groups in total. The van der Waals surface area contributed by atoms with E-state index in [0.29, 0.717) is 18.5 Å². The molecule has 3 rings (SSSR count). The third-order valence-electron chi connectivity index (χ3n) is 4.07. The first kappa shape index (κ1) is 15.9. The Balaban J connectivity index is 2.11. The summed E-state index contributed by atoms with van der Waals surface area (Å²) in [6, 6.07) is 7.95. The zero-order valence-electron chi connectivity index (χ0n) is 13.7. The van der Waals surface area contributed by atoms with Crippen LogP contribution in [0.2, 0.25) is 0 Å². The van der Waals surface area contributed by atoms with Crippen molar-refractivity contribution in [1.29, 1.82) is 0 Å². The van der Waals surface area contributed by atoms with Gasteiger partial charge >= 0.3 is 0 Å². The molecule has 0 aliphatic carbocycles. The molecule has 24 heavy (non-hydrogen) atoms. The molecule has 2 heterocycles. The Morgan fingerprint density at radius 1 is 1.25 bits per heavy atom. The van der Waals surface area contributed by atoms with Gasteiger partial charge in [0.15, 0.2) is 0 Å². The lowest BCUT2D eigenvalue weighted by atomic mass is 10.0. The number of aromatic nitrogens is 2. The normalized spacial score (nSPS) is 10.8. The van der Waals surface area contributed by atoms with Crippen molar-refractivity contribution in [2.45, 2.75) is 6.42 Å². The number of aldehydes is 1. The number of H-pyrrole nitrogens is 1. The number of nitrogens with one attached hydrogen (secondary N) is 3. The molecule has 0 atom stereocenters. The lowest BCUT2D eigenvalue weighted by Gasteiger charge is -2.14. The number of benzene rings is 1. The Morgan fingerprint density at radius 3 is 2.83 bits per heavy atom. The van der Waals surface area contributed by atoms with Crippen LogP contribution in [0.3, 0.4) is 0 Å².